The Hall–Kier alpha value is -4.35. The smallest absolute Gasteiger partial charge is 0.407 e. The van der Waals surface area contributed by atoms with Gasteiger partial charge in [-0.3, -0.25) is 19.3 Å². The highest BCUT2D eigenvalue weighted by Gasteiger charge is 2.54. The quantitative estimate of drug-likeness (QED) is 0.0672. The van der Waals surface area contributed by atoms with Gasteiger partial charge in [-0.15, -0.1) is 16.9 Å². The number of ketones is 1. The van der Waals surface area contributed by atoms with Crippen LogP contribution in [0.2, 0.25) is 0 Å². The van der Waals surface area contributed by atoms with Crippen molar-refractivity contribution in [1.29, 1.82) is 0 Å². The molecule has 3 aliphatic heterocycles. The number of carboxylic acid groups (broad SMARTS) is 1. The fourth-order valence-corrected chi connectivity index (χ4v) is 7.33. The van der Waals surface area contributed by atoms with Crippen molar-refractivity contribution in [3.8, 4) is 0 Å². The number of carboxylic acids is 1. The number of hydrogen-bond donors (Lipinski definition) is 4. The molecule has 2 aromatic rings. The predicted octanol–water partition coefficient (Wildman–Crippen LogP) is -0.411. The van der Waals surface area contributed by atoms with Crippen LogP contribution in [0.5, 0.6) is 0 Å². The number of carbonyl (C=O) groups is 5. The molecule has 5 N–H and O–H groups in total. The van der Waals surface area contributed by atoms with Crippen LogP contribution in [0.15, 0.2) is 21.6 Å². The molecule has 5 rings (SSSR count). The van der Waals surface area contributed by atoms with Crippen LogP contribution in [-0.4, -0.2) is 123 Å². The van der Waals surface area contributed by atoms with Gasteiger partial charge in [0, 0.05) is 42.5 Å². The number of tetrazole rings is 1. The standard InChI is InChI=1S/C25H31N11O9S3/c1-25(2,3)44-24(42)27-6-4-7-35-23(30-33-34-35)47-10-11-9-46-19-14(18(39)36(19)15(11)20(40)41)28-17(38)13(16-29-22(26)48-32-16)31-45-21-12(37)5-8-43-21/h14,19,21H,4-10H2,1-3H3,(H,27,42)(H,28,38)(H,40,41)(H2,26,29,32)/b31-13+. The molecule has 3 atom stereocenters. The van der Waals surface area contributed by atoms with Crippen molar-refractivity contribution >= 4 is 75.6 Å². The van der Waals surface area contributed by atoms with Gasteiger partial charge in [-0.05, 0) is 43.2 Å². The van der Waals surface area contributed by atoms with E-state index in [0.717, 1.165) is 16.4 Å². The van der Waals surface area contributed by atoms with Crippen molar-refractivity contribution in [3.63, 3.8) is 0 Å². The molecule has 23 heteroatoms. The molecule has 3 aliphatic rings. The zero-order valence-electron chi connectivity index (χ0n) is 25.8. The van der Waals surface area contributed by atoms with Gasteiger partial charge < -0.3 is 35.8 Å². The fourth-order valence-electron chi connectivity index (χ4n) is 4.51. The van der Waals surface area contributed by atoms with Gasteiger partial charge in [0.15, 0.2) is 5.13 Å². The molecule has 5 heterocycles. The Kier molecular flexibility index (Phi) is 10.8. The maximum Gasteiger partial charge on any atom is 0.407 e. The lowest BCUT2D eigenvalue weighted by Gasteiger charge is -2.49. The Morgan fingerprint density at radius 3 is 2.73 bits per heavy atom. The van der Waals surface area contributed by atoms with Gasteiger partial charge in [0.1, 0.15) is 22.7 Å². The van der Waals surface area contributed by atoms with Crippen molar-refractivity contribution in [3.05, 3.63) is 17.1 Å². The number of nitrogen functional groups attached to an aromatic ring is 1. The Labute approximate surface area is 284 Å². The molecule has 0 bridgehead atoms. The van der Waals surface area contributed by atoms with Gasteiger partial charge >= 0.3 is 12.1 Å². The molecule has 2 fully saturated rings. The summed E-state index contributed by atoms with van der Waals surface area (Å²) in [6, 6.07) is -1.10. The number of fused-ring (bicyclic) bond motifs is 1. The topological polar surface area (TPSA) is 268 Å². The molecule has 0 aliphatic carbocycles. The second-order valence-electron chi connectivity index (χ2n) is 11.3. The van der Waals surface area contributed by atoms with Crippen LogP contribution < -0.4 is 16.4 Å². The van der Waals surface area contributed by atoms with Crippen LogP contribution >= 0.6 is 35.1 Å². The fraction of sp³-hybridized carbons (Fsp3) is 0.560. The molecule has 3 unspecified atom stereocenters. The number of nitrogens with two attached hydrogens (primary N) is 1. The third-order valence-corrected chi connectivity index (χ3v) is 9.54. The summed E-state index contributed by atoms with van der Waals surface area (Å²) in [6.07, 6.45) is -1.20. The normalized spacial score (nSPS) is 21.1. The molecule has 0 aromatic carbocycles. The number of hydrogen-bond acceptors (Lipinski definition) is 18. The number of nitrogens with one attached hydrogen (secondary N) is 2. The van der Waals surface area contributed by atoms with Crippen LogP contribution in [0.4, 0.5) is 9.93 Å². The highest BCUT2D eigenvalue weighted by Crippen LogP contribution is 2.41. The number of oxime groups is 1. The number of carbonyl (C=O) groups excluding carboxylic acids is 4. The monoisotopic (exact) mass is 725 g/mol. The molecule has 2 saturated heterocycles. The summed E-state index contributed by atoms with van der Waals surface area (Å²) in [7, 11) is 0. The van der Waals surface area contributed by atoms with E-state index in [9.17, 15) is 29.1 Å². The van der Waals surface area contributed by atoms with Crippen LogP contribution in [0.3, 0.4) is 0 Å². The average Bonchev–Trinajstić information content (AvgIpc) is 3.77. The maximum atomic E-state index is 13.3. The number of ether oxygens (including phenoxy) is 2. The van der Waals surface area contributed by atoms with Crippen LogP contribution in [0.25, 0.3) is 0 Å². The first-order valence-corrected chi connectivity index (χ1v) is 17.2. The van der Waals surface area contributed by atoms with Gasteiger partial charge in [-0.25, -0.2) is 14.3 Å². The molecule has 258 valence electrons. The maximum absolute atomic E-state index is 13.3. The number of rotatable bonds is 13. The van der Waals surface area contributed by atoms with Crippen LogP contribution in [0.1, 0.15) is 39.4 Å². The number of aromatic nitrogens is 6. The number of Topliss-reactive ketones (excluding diaryl/α,β-unsaturated/α-hetero) is 1. The molecular formula is C25H31N11O9S3. The van der Waals surface area contributed by atoms with Crippen LogP contribution in [-0.2, 0) is 40.0 Å². The molecule has 3 amide bonds. The van der Waals surface area contributed by atoms with Crippen molar-refractivity contribution in [2.45, 2.75) is 68.6 Å². The van der Waals surface area contributed by atoms with Gasteiger partial charge in [-0.2, -0.15) is 9.36 Å². The summed E-state index contributed by atoms with van der Waals surface area (Å²) in [5.41, 5.74) is 4.88. The summed E-state index contributed by atoms with van der Waals surface area (Å²) < 4.78 is 15.9. The first-order chi connectivity index (χ1) is 22.8. The SMILES string of the molecule is CC(C)(C)OC(=O)NCCCn1nnnc1SCC1=C(C(=O)O)N2C(=O)C(NC(=O)/C(=N/OC3OCCC3=O)c3nsc(N)n3)C2SC1. The van der Waals surface area contributed by atoms with E-state index in [-0.39, 0.29) is 47.0 Å². The lowest BCUT2D eigenvalue weighted by atomic mass is 10.0. The average molecular weight is 726 g/mol. The van der Waals surface area contributed by atoms with E-state index in [1.165, 1.54) is 28.2 Å². The number of β-lactam (4-membered cyclic amide) rings is 1. The molecule has 48 heavy (non-hydrogen) atoms. The minimum atomic E-state index is -1.30. The van der Waals surface area contributed by atoms with E-state index in [4.69, 9.17) is 20.0 Å². The molecule has 0 spiro atoms. The summed E-state index contributed by atoms with van der Waals surface area (Å²) in [6.45, 7) is 6.14. The summed E-state index contributed by atoms with van der Waals surface area (Å²) in [5.74, 6) is -2.99. The number of anilines is 1. The van der Waals surface area contributed by atoms with Crippen molar-refractivity contribution < 1.29 is 43.4 Å². The first kappa shape index (κ1) is 35.0. The molecule has 2 aromatic heterocycles. The number of amides is 3. The van der Waals surface area contributed by atoms with Crippen molar-refractivity contribution in [1.82, 2.24) is 45.1 Å². The second kappa shape index (κ2) is 14.8. The number of nitrogens with zero attached hydrogens (tertiary/aromatic N) is 8. The highest BCUT2D eigenvalue weighted by atomic mass is 32.2. The minimum Gasteiger partial charge on any atom is -0.477 e. The molecule has 20 nitrogen and oxygen atoms in total. The Morgan fingerprint density at radius 1 is 1.27 bits per heavy atom. The number of alkyl carbamates (subject to hydrolysis) is 1. The molecular weight excluding hydrogens is 695 g/mol. The second-order valence-corrected chi connectivity index (χ2v) is 14.1. The zero-order valence-corrected chi connectivity index (χ0v) is 28.2. The van der Waals surface area contributed by atoms with Gasteiger partial charge in [0.05, 0.1) is 6.61 Å². The van der Waals surface area contributed by atoms with Crippen LogP contribution in [0, 0.1) is 0 Å². The lowest BCUT2D eigenvalue weighted by molar-refractivity contribution is -0.152. The summed E-state index contributed by atoms with van der Waals surface area (Å²) in [4.78, 5) is 72.8. The third kappa shape index (κ3) is 8.19. The first-order valence-electron chi connectivity index (χ1n) is 14.4. The van der Waals surface area contributed by atoms with E-state index >= 15 is 0 Å². The van der Waals surface area contributed by atoms with E-state index < -0.39 is 52.9 Å². The number of thioether (sulfide) groups is 2. The molecule has 0 saturated carbocycles. The Bertz CT molecular complexity index is 1650. The van der Waals surface area contributed by atoms with E-state index in [1.54, 1.807) is 20.8 Å². The third-order valence-electron chi connectivity index (χ3n) is 6.61. The summed E-state index contributed by atoms with van der Waals surface area (Å²) in [5, 5.41) is 30.4. The van der Waals surface area contributed by atoms with Crippen molar-refractivity contribution in [2.24, 2.45) is 5.16 Å². The minimum absolute atomic E-state index is 0.0401. The van der Waals surface area contributed by atoms with E-state index in [2.05, 4.69) is 40.7 Å². The summed E-state index contributed by atoms with van der Waals surface area (Å²) >= 11 is 3.26. The Balaban J connectivity index is 1.20. The molecule has 0 radical (unpaired) electrons. The largest absolute Gasteiger partial charge is 0.477 e. The number of aryl methyl sites for hydroxylation is 1. The van der Waals surface area contributed by atoms with Crippen molar-refractivity contribution in [2.75, 3.05) is 30.4 Å². The highest BCUT2D eigenvalue weighted by molar-refractivity contribution is 8.01. The predicted molar refractivity (Wildman–Crippen MR) is 168 cm³/mol. The zero-order chi connectivity index (χ0) is 34.6. The lowest BCUT2D eigenvalue weighted by Crippen LogP contribution is -2.71. The van der Waals surface area contributed by atoms with E-state index in [0.29, 0.717) is 30.2 Å². The van der Waals surface area contributed by atoms with E-state index in [1.807, 2.05) is 0 Å². The van der Waals surface area contributed by atoms with Gasteiger partial charge in [0.2, 0.25) is 22.5 Å². The number of aliphatic carboxylic acids is 1. The van der Waals surface area contributed by atoms with Gasteiger partial charge in [0.25, 0.3) is 18.1 Å². The Morgan fingerprint density at radius 2 is 2.06 bits per heavy atom. The van der Waals surface area contributed by atoms with Gasteiger partial charge in [-0.1, -0.05) is 16.9 Å².